The molecule has 0 bridgehead atoms. The number of hydrogen-bond acceptors (Lipinski definition) is 6. The molecule has 0 saturated carbocycles. The second kappa shape index (κ2) is 5.16. The first-order valence-corrected chi connectivity index (χ1v) is 6.04. The fourth-order valence-corrected chi connectivity index (χ4v) is 1.80. The summed E-state index contributed by atoms with van der Waals surface area (Å²) in [6.45, 7) is 5.21. The van der Waals surface area contributed by atoms with Gasteiger partial charge in [0.15, 0.2) is 0 Å². The summed E-state index contributed by atoms with van der Waals surface area (Å²) in [6.07, 6.45) is 1.39. The van der Waals surface area contributed by atoms with Crippen LogP contribution in [0.2, 0.25) is 0 Å². The summed E-state index contributed by atoms with van der Waals surface area (Å²) in [5.41, 5.74) is 6.51. The maximum absolute atomic E-state index is 12.2. The van der Waals surface area contributed by atoms with Crippen molar-refractivity contribution in [2.24, 2.45) is 0 Å². The topological polar surface area (TPSA) is 116 Å². The lowest BCUT2D eigenvalue weighted by molar-refractivity contribution is 0.0527. The minimum Gasteiger partial charge on any atom is -0.462 e. The second-order valence-corrected chi connectivity index (χ2v) is 4.17. The largest absolute Gasteiger partial charge is 0.462 e. The van der Waals surface area contributed by atoms with Crippen molar-refractivity contribution in [1.82, 2.24) is 19.7 Å². The van der Waals surface area contributed by atoms with E-state index in [-0.39, 0.29) is 23.7 Å². The Labute approximate surface area is 114 Å². The summed E-state index contributed by atoms with van der Waals surface area (Å²) >= 11 is 0. The van der Waals surface area contributed by atoms with E-state index in [0.717, 1.165) is 4.68 Å². The van der Waals surface area contributed by atoms with Gasteiger partial charge in [0.25, 0.3) is 5.91 Å². The van der Waals surface area contributed by atoms with Gasteiger partial charge in [0.1, 0.15) is 22.9 Å². The molecule has 0 aliphatic heterocycles. The van der Waals surface area contributed by atoms with Crippen LogP contribution in [0.1, 0.15) is 39.3 Å². The van der Waals surface area contributed by atoms with Crippen LogP contribution in [0.5, 0.6) is 0 Å². The number of rotatable bonds is 3. The van der Waals surface area contributed by atoms with Gasteiger partial charge in [-0.1, -0.05) is 0 Å². The minimum atomic E-state index is -0.595. The number of aromatic amines is 1. The summed E-state index contributed by atoms with van der Waals surface area (Å²) in [6, 6.07) is 0. The van der Waals surface area contributed by atoms with Crippen molar-refractivity contribution in [2.75, 3.05) is 12.3 Å². The molecular formula is C12H15N5O3. The van der Waals surface area contributed by atoms with Gasteiger partial charge in [-0.15, -0.1) is 0 Å². The molecule has 8 heteroatoms. The highest BCUT2D eigenvalue weighted by Gasteiger charge is 2.24. The number of H-pyrrole nitrogens is 1. The average Bonchev–Trinajstić information content (AvgIpc) is 2.93. The molecule has 0 fully saturated rings. The van der Waals surface area contributed by atoms with E-state index in [2.05, 4.69) is 15.1 Å². The number of ether oxygens (including phenoxy) is 1. The van der Waals surface area contributed by atoms with E-state index in [1.807, 2.05) is 0 Å². The van der Waals surface area contributed by atoms with Crippen LogP contribution in [0, 0.1) is 13.8 Å². The standard InChI is InChI=1S/C12H15N5O3/c1-4-20-12(19)9-6(2)16-17(10(9)13)11(18)8-5-14-7(3)15-8/h5H,4,13H2,1-3H3,(H,14,15). The molecule has 0 saturated heterocycles. The number of nitrogens with two attached hydrogens (primary N) is 1. The zero-order chi connectivity index (χ0) is 14.9. The number of aryl methyl sites for hydroxylation is 2. The van der Waals surface area contributed by atoms with Crippen molar-refractivity contribution < 1.29 is 14.3 Å². The number of esters is 1. The van der Waals surface area contributed by atoms with Crippen LogP contribution < -0.4 is 5.73 Å². The molecule has 0 amide bonds. The van der Waals surface area contributed by atoms with Gasteiger partial charge in [0.05, 0.1) is 18.5 Å². The van der Waals surface area contributed by atoms with E-state index in [4.69, 9.17) is 10.5 Å². The van der Waals surface area contributed by atoms with Gasteiger partial charge in [0, 0.05) is 0 Å². The number of hydrogen-bond donors (Lipinski definition) is 2. The van der Waals surface area contributed by atoms with Crippen LogP contribution in [-0.4, -0.2) is 38.2 Å². The molecule has 0 aliphatic rings. The summed E-state index contributed by atoms with van der Waals surface area (Å²) in [4.78, 5) is 30.7. The first-order chi connectivity index (χ1) is 9.45. The van der Waals surface area contributed by atoms with Crippen molar-refractivity contribution in [3.05, 3.63) is 29.0 Å². The predicted molar refractivity (Wildman–Crippen MR) is 70.4 cm³/mol. The number of anilines is 1. The third-order valence-electron chi connectivity index (χ3n) is 2.70. The highest BCUT2D eigenvalue weighted by atomic mass is 16.5. The van der Waals surface area contributed by atoms with Gasteiger partial charge in [0.2, 0.25) is 0 Å². The van der Waals surface area contributed by atoms with E-state index in [0.29, 0.717) is 11.5 Å². The van der Waals surface area contributed by atoms with E-state index < -0.39 is 11.9 Å². The first-order valence-electron chi connectivity index (χ1n) is 6.04. The summed E-state index contributed by atoms with van der Waals surface area (Å²) in [5, 5.41) is 3.99. The second-order valence-electron chi connectivity index (χ2n) is 4.17. The van der Waals surface area contributed by atoms with Gasteiger partial charge >= 0.3 is 5.97 Å². The van der Waals surface area contributed by atoms with Crippen LogP contribution >= 0.6 is 0 Å². The van der Waals surface area contributed by atoms with Gasteiger partial charge in [-0.3, -0.25) is 4.79 Å². The zero-order valence-corrected chi connectivity index (χ0v) is 11.4. The highest BCUT2D eigenvalue weighted by molar-refractivity contribution is 6.01. The number of nitrogens with one attached hydrogen (secondary N) is 1. The summed E-state index contributed by atoms with van der Waals surface area (Å²) in [5.74, 6) is -0.524. The molecule has 2 aromatic rings. The van der Waals surface area contributed by atoms with Crippen molar-refractivity contribution in [3.63, 3.8) is 0 Å². The smallest absolute Gasteiger partial charge is 0.343 e. The average molecular weight is 277 g/mol. The van der Waals surface area contributed by atoms with Crippen molar-refractivity contribution in [3.8, 4) is 0 Å². The molecule has 0 spiro atoms. The Kier molecular flexibility index (Phi) is 3.55. The summed E-state index contributed by atoms with van der Waals surface area (Å²) < 4.78 is 5.86. The Morgan fingerprint density at radius 2 is 2.15 bits per heavy atom. The SMILES string of the molecule is CCOC(=O)c1c(C)nn(C(=O)c2cnc(C)[nH]2)c1N. The van der Waals surface area contributed by atoms with E-state index >= 15 is 0 Å². The fourth-order valence-electron chi connectivity index (χ4n) is 1.80. The number of carbonyl (C=O) groups is 2. The molecule has 0 aromatic carbocycles. The normalized spacial score (nSPS) is 10.6. The molecule has 3 N–H and O–H groups in total. The third-order valence-corrected chi connectivity index (χ3v) is 2.70. The minimum absolute atomic E-state index is 0.0433. The van der Waals surface area contributed by atoms with Crippen molar-refractivity contribution in [2.45, 2.75) is 20.8 Å². The van der Waals surface area contributed by atoms with Gasteiger partial charge < -0.3 is 15.5 Å². The number of nitrogen functional groups attached to an aromatic ring is 1. The lowest BCUT2D eigenvalue weighted by Gasteiger charge is -2.02. The Morgan fingerprint density at radius 3 is 2.70 bits per heavy atom. The van der Waals surface area contributed by atoms with Crippen LogP contribution in [0.3, 0.4) is 0 Å². The molecule has 20 heavy (non-hydrogen) atoms. The molecule has 2 rings (SSSR count). The maximum atomic E-state index is 12.2. The van der Waals surface area contributed by atoms with Gasteiger partial charge in [-0.25, -0.2) is 9.78 Å². The maximum Gasteiger partial charge on any atom is 0.343 e. The number of imidazole rings is 1. The van der Waals surface area contributed by atoms with E-state index in [9.17, 15) is 9.59 Å². The molecule has 0 atom stereocenters. The quantitative estimate of drug-likeness (QED) is 0.796. The molecule has 0 aliphatic carbocycles. The van der Waals surface area contributed by atoms with Crippen LogP contribution in [0.15, 0.2) is 6.20 Å². The van der Waals surface area contributed by atoms with Crippen molar-refractivity contribution in [1.29, 1.82) is 0 Å². The Morgan fingerprint density at radius 1 is 1.45 bits per heavy atom. The first kappa shape index (κ1) is 13.8. The number of carbonyl (C=O) groups excluding carboxylic acids is 2. The fraction of sp³-hybridized carbons (Fsp3) is 0.333. The van der Waals surface area contributed by atoms with E-state index in [1.54, 1.807) is 20.8 Å². The third kappa shape index (κ3) is 2.27. The van der Waals surface area contributed by atoms with Crippen LogP contribution in [0.25, 0.3) is 0 Å². The Hall–Kier alpha value is -2.64. The predicted octanol–water partition coefficient (Wildman–Crippen LogP) is 0.670. The molecule has 2 aromatic heterocycles. The Bertz CT molecular complexity index is 671. The van der Waals surface area contributed by atoms with Crippen molar-refractivity contribution >= 4 is 17.7 Å². The van der Waals surface area contributed by atoms with Crippen LogP contribution in [0.4, 0.5) is 5.82 Å². The monoisotopic (exact) mass is 277 g/mol. The number of nitrogens with zero attached hydrogens (tertiary/aromatic N) is 3. The molecule has 0 unspecified atom stereocenters. The lowest BCUT2D eigenvalue weighted by Crippen LogP contribution is -2.17. The molecular weight excluding hydrogens is 262 g/mol. The van der Waals surface area contributed by atoms with Crippen LogP contribution in [-0.2, 0) is 4.74 Å². The molecule has 2 heterocycles. The van der Waals surface area contributed by atoms with Gasteiger partial charge in [-0.2, -0.15) is 9.78 Å². The Balaban J connectivity index is 2.42. The zero-order valence-electron chi connectivity index (χ0n) is 11.4. The van der Waals surface area contributed by atoms with E-state index in [1.165, 1.54) is 6.20 Å². The highest BCUT2D eigenvalue weighted by Crippen LogP contribution is 2.18. The molecule has 0 radical (unpaired) electrons. The molecule has 106 valence electrons. The number of aromatic nitrogens is 4. The molecule has 8 nitrogen and oxygen atoms in total. The lowest BCUT2D eigenvalue weighted by atomic mass is 10.2. The van der Waals surface area contributed by atoms with Gasteiger partial charge in [-0.05, 0) is 20.8 Å². The summed E-state index contributed by atoms with van der Waals surface area (Å²) in [7, 11) is 0.